The van der Waals surface area contributed by atoms with Gasteiger partial charge in [-0.2, -0.15) is 0 Å². The fraction of sp³-hybridized carbons (Fsp3) is 0.342. The zero-order valence-corrected chi connectivity index (χ0v) is 29.6. The standard InChI is InChI=1S/C35H41N2Si.3CH3.Ti/c1-25-14-18-29(19-15-25)38(36-35(3,4)5,30-20-16-26(2)17-21-30)34-22-33(31-12-8-9-13-32(31)34)37-23-27-10-6-7-11-28(27)24-37;;;;/h6-21,31-34H,22-24H2,1-5H3;3*1H3;/q4*-1;+4/t31?,32?,33?,34-;;;;/m0..../s1. The fourth-order valence-corrected chi connectivity index (χ4v) is 12.9. The molecule has 0 spiro atoms. The van der Waals surface area contributed by atoms with E-state index in [1.807, 2.05) is 0 Å². The monoisotopic (exact) mass is 610 g/mol. The Morgan fingerprint density at radius 2 is 1.14 bits per heavy atom. The van der Waals surface area contributed by atoms with Crippen LogP contribution in [0.2, 0.25) is 5.54 Å². The molecule has 3 aromatic carbocycles. The maximum absolute atomic E-state index is 5.98. The van der Waals surface area contributed by atoms with Gasteiger partial charge in [-0.1, -0.05) is 139 Å². The average Bonchev–Trinajstić information content (AvgIpc) is 3.50. The van der Waals surface area contributed by atoms with Gasteiger partial charge in [-0.15, -0.1) is 5.54 Å². The van der Waals surface area contributed by atoms with Gasteiger partial charge in [-0.05, 0) is 48.8 Å². The predicted octanol–water partition coefficient (Wildman–Crippen LogP) is 8.40. The summed E-state index contributed by atoms with van der Waals surface area (Å²) in [5.74, 6) is 1.02. The Kier molecular flexibility index (Phi) is 12.2. The molecule has 3 unspecified atom stereocenters. The zero-order chi connectivity index (χ0) is 26.5. The minimum atomic E-state index is -2.56. The molecule has 0 saturated heterocycles. The minimum absolute atomic E-state index is 0. The van der Waals surface area contributed by atoms with Crippen LogP contribution in [0, 0.1) is 48.0 Å². The number of hydrogen-bond acceptors (Lipinski definition) is 1. The van der Waals surface area contributed by atoms with E-state index in [0.29, 0.717) is 23.4 Å². The van der Waals surface area contributed by atoms with Gasteiger partial charge in [-0.25, -0.2) is 0 Å². The Hall–Kier alpha value is -2.01. The summed E-state index contributed by atoms with van der Waals surface area (Å²) < 4.78 is 0. The topological polar surface area (TPSA) is 17.3 Å². The molecule has 2 nitrogen and oxygen atoms in total. The number of allylic oxidation sites excluding steroid dienone is 3. The van der Waals surface area contributed by atoms with Crippen molar-refractivity contribution in [3.05, 3.63) is 147 Å². The van der Waals surface area contributed by atoms with E-state index in [1.165, 1.54) is 39.0 Å². The maximum atomic E-state index is 5.98. The van der Waals surface area contributed by atoms with Crippen LogP contribution in [0.15, 0.2) is 97.1 Å². The Labute approximate surface area is 273 Å². The number of aryl methyl sites for hydroxylation is 2. The first-order valence-electron chi connectivity index (χ1n) is 14.3. The minimum Gasteiger partial charge on any atom is -0.652 e. The Morgan fingerprint density at radius 1 is 0.690 bits per heavy atom. The van der Waals surface area contributed by atoms with Gasteiger partial charge in [0.15, 0.2) is 0 Å². The van der Waals surface area contributed by atoms with Crippen molar-refractivity contribution in [3.8, 4) is 0 Å². The van der Waals surface area contributed by atoms with Crippen LogP contribution in [0.1, 0.15) is 49.4 Å². The van der Waals surface area contributed by atoms with Crippen LogP contribution in [0.3, 0.4) is 0 Å². The van der Waals surface area contributed by atoms with Gasteiger partial charge >= 0.3 is 21.7 Å². The molecule has 0 N–H and O–H groups in total. The van der Waals surface area contributed by atoms with Crippen molar-refractivity contribution in [2.24, 2.45) is 11.8 Å². The van der Waals surface area contributed by atoms with Crippen molar-refractivity contribution in [2.45, 2.75) is 71.3 Å². The summed E-state index contributed by atoms with van der Waals surface area (Å²) in [5, 5.41) is 2.91. The van der Waals surface area contributed by atoms with Gasteiger partial charge in [0, 0.05) is 27.4 Å². The van der Waals surface area contributed by atoms with Gasteiger partial charge in [0.05, 0.1) is 0 Å². The van der Waals surface area contributed by atoms with E-state index in [2.05, 4.69) is 137 Å². The second-order valence-electron chi connectivity index (χ2n) is 12.8. The molecule has 0 aromatic heterocycles. The number of fused-ring (bicyclic) bond motifs is 2. The van der Waals surface area contributed by atoms with Crippen LogP contribution < -0.4 is 10.4 Å². The molecule has 3 aromatic rings. The van der Waals surface area contributed by atoms with E-state index in [4.69, 9.17) is 4.98 Å². The van der Waals surface area contributed by atoms with Crippen molar-refractivity contribution < 1.29 is 21.7 Å². The molecule has 1 fully saturated rings. The van der Waals surface area contributed by atoms with E-state index in [0.717, 1.165) is 13.1 Å². The summed E-state index contributed by atoms with van der Waals surface area (Å²) in [5.41, 5.74) is 5.99. The Bertz CT molecular complexity index is 1280. The molecule has 4 atom stereocenters. The van der Waals surface area contributed by atoms with Crippen LogP contribution in [0.5, 0.6) is 0 Å². The Morgan fingerprint density at radius 3 is 1.60 bits per heavy atom. The molecule has 220 valence electrons. The molecule has 42 heavy (non-hydrogen) atoms. The number of benzene rings is 3. The predicted molar refractivity (Wildman–Crippen MR) is 183 cm³/mol. The van der Waals surface area contributed by atoms with Crippen molar-refractivity contribution in [3.63, 3.8) is 0 Å². The first kappa shape index (κ1) is 36.2. The van der Waals surface area contributed by atoms with Gasteiger partial charge in [0.2, 0.25) is 0 Å². The van der Waals surface area contributed by atoms with Crippen LogP contribution >= 0.6 is 0 Å². The van der Waals surface area contributed by atoms with E-state index in [9.17, 15) is 0 Å². The van der Waals surface area contributed by atoms with Crippen LogP contribution in [0.4, 0.5) is 0 Å². The second kappa shape index (κ2) is 14.2. The molecule has 3 aliphatic rings. The third-order valence-corrected chi connectivity index (χ3v) is 14.1. The molecule has 6 rings (SSSR count). The van der Waals surface area contributed by atoms with Gasteiger partial charge in [0.1, 0.15) is 0 Å². The molecular formula is C38H50N2SiTi. The molecule has 1 saturated carbocycles. The summed E-state index contributed by atoms with van der Waals surface area (Å²) in [6.45, 7) is 13.4. The first-order chi connectivity index (χ1) is 18.2. The summed E-state index contributed by atoms with van der Waals surface area (Å²) in [6.07, 6.45) is 10.8. The second-order valence-corrected chi connectivity index (χ2v) is 16.4. The Balaban J connectivity index is 0.00000154. The SMILES string of the molecule is Cc1ccc([Si]([N-]C(C)(C)C)(c2ccc(C)cc2)[C@H]2CC(N3Cc4ccccc4C3)C3C=CC=CC32)cc1.[CH3-].[CH3-].[CH3-].[Ti+4]. The summed E-state index contributed by atoms with van der Waals surface area (Å²) in [4.78, 5) is 8.75. The quantitative estimate of drug-likeness (QED) is 0.210. The van der Waals surface area contributed by atoms with E-state index >= 15 is 0 Å². The molecule has 0 bridgehead atoms. The summed E-state index contributed by atoms with van der Waals surface area (Å²) >= 11 is 0. The number of nitrogens with zero attached hydrogens (tertiary/aromatic N) is 2. The summed E-state index contributed by atoms with van der Waals surface area (Å²) in [7, 11) is -2.56. The van der Waals surface area contributed by atoms with Crippen LogP contribution in [0.25, 0.3) is 4.98 Å². The maximum Gasteiger partial charge on any atom is 4.00 e. The van der Waals surface area contributed by atoms with Gasteiger partial charge in [-0.3, -0.25) is 4.90 Å². The molecule has 0 amide bonds. The van der Waals surface area contributed by atoms with E-state index in [1.54, 1.807) is 0 Å². The molecule has 1 heterocycles. The van der Waals surface area contributed by atoms with Crippen molar-refractivity contribution in [1.82, 2.24) is 4.90 Å². The summed E-state index contributed by atoms with van der Waals surface area (Å²) in [6, 6.07) is 28.4. The van der Waals surface area contributed by atoms with Gasteiger partial charge < -0.3 is 27.3 Å². The third kappa shape index (κ3) is 6.71. The number of hydrogen-bond donors (Lipinski definition) is 0. The largest absolute Gasteiger partial charge is 4.00 e. The van der Waals surface area contributed by atoms with Gasteiger partial charge in [0.25, 0.3) is 0 Å². The third-order valence-electron chi connectivity index (χ3n) is 8.99. The van der Waals surface area contributed by atoms with Crippen LogP contribution in [-0.2, 0) is 34.8 Å². The molecule has 0 radical (unpaired) electrons. The van der Waals surface area contributed by atoms with E-state index < -0.39 is 8.24 Å². The van der Waals surface area contributed by atoms with Crippen molar-refractivity contribution in [2.75, 3.05) is 0 Å². The van der Waals surface area contributed by atoms with Crippen molar-refractivity contribution >= 4 is 18.6 Å². The average molecular weight is 611 g/mol. The molecule has 2 aliphatic carbocycles. The molecule has 1 aliphatic heterocycles. The first-order valence-corrected chi connectivity index (χ1v) is 16.3. The molecule has 4 heteroatoms. The normalized spacial score (nSPS) is 22.6. The fourth-order valence-electron chi connectivity index (χ4n) is 7.39. The zero-order valence-electron chi connectivity index (χ0n) is 27.1. The molecular weight excluding hydrogens is 560 g/mol. The number of rotatable bonds is 5. The van der Waals surface area contributed by atoms with Crippen LogP contribution in [-0.4, -0.2) is 24.7 Å². The van der Waals surface area contributed by atoms with E-state index in [-0.39, 0.29) is 49.5 Å². The van der Waals surface area contributed by atoms with Crippen molar-refractivity contribution in [1.29, 1.82) is 0 Å². The smallest absolute Gasteiger partial charge is 0.652 e.